The number of nitrogens with zero attached hydrogens (tertiary/aromatic N) is 1. The van der Waals surface area contributed by atoms with E-state index in [0.29, 0.717) is 11.3 Å². The number of benzene rings is 1. The van der Waals surface area contributed by atoms with Crippen molar-refractivity contribution in [1.82, 2.24) is 4.98 Å². The molecular weight excluding hydrogens is 280 g/mol. The Labute approximate surface area is 128 Å². The second-order valence-corrected chi connectivity index (χ2v) is 5.50. The molecule has 22 heavy (non-hydrogen) atoms. The van der Waals surface area contributed by atoms with E-state index in [0.717, 1.165) is 12.0 Å². The molecule has 0 unspecified atom stereocenters. The number of aliphatic carboxylic acids is 1. The van der Waals surface area contributed by atoms with E-state index in [2.05, 4.69) is 10.3 Å². The molecule has 2 atom stereocenters. The van der Waals surface area contributed by atoms with Crippen LogP contribution >= 0.6 is 0 Å². The van der Waals surface area contributed by atoms with Crippen molar-refractivity contribution in [3.8, 4) is 0 Å². The molecule has 0 aliphatic heterocycles. The largest absolute Gasteiger partial charge is 0.481 e. The number of nitrogens with one attached hydrogen (secondary N) is 1. The lowest BCUT2D eigenvalue weighted by atomic mass is 10.1. The van der Waals surface area contributed by atoms with Gasteiger partial charge in [-0.25, -0.2) is 0 Å². The number of carboxylic acid groups (broad SMARTS) is 1. The number of carbonyl (C=O) groups excluding carboxylic acids is 1. The lowest BCUT2D eigenvalue weighted by Crippen LogP contribution is -2.14. The quantitative estimate of drug-likeness (QED) is 0.888. The van der Waals surface area contributed by atoms with Gasteiger partial charge in [-0.1, -0.05) is 18.2 Å². The van der Waals surface area contributed by atoms with E-state index in [1.54, 1.807) is 36.7 Å². The van der Waals surface area contributed by atoms with Gasteiger partial charge in [0.1, 0.15) is 0 Å². The third-order valence-corrected chi connectivity index (χ3v) is 3.79. The molecule has 1 heterocycles. The van der Waals surface area contributed by atoms with Gasteiger partial charge in [-0.2, -0.15) is 0 Å². The Morgan fingerprint density at radius 2 is 2.14 bits per heavy atom. The lowest BCUT2D eigenvalue weighted by molar-refractivity contribution is -0.136. The highest BCUT2D eigenvalue weighted by molar-refractivity contribution is 5.95. The summed E-state index contributed by atoms with van der Waals surface area (Å²) in [5, 5.41) is 11.7. The van der Waals surface area contributed by atoms with Crippen molar-refractivity contribution in [1.29, 1.82) is 0 Å². The van der Waals surface area contributed by atoms with Crippen LogP contribution in [0.2, 0.25) is 0 Å². The van der Waals surface area contributed by atoms with Crippen molar-refractivity contribution in [2.75, 3.05) is 5.32 Å². The zero-order valence-corrected chi connectivity index (χ0v) is 11.9. The fourth-order valence-electron chi connectivity index (χ4n) is 2.62. The second kappa shape index (κ2) is 5.97. The van der Waals surface area contributed by atoms with Gasteiger partial charge in [0.25, 0.3) is 0 Å². The minimum absolute atomic E-state index is 0.0265. The fourth-order valence-corrected chi connectivity index (χ4v) is 2.62. The molecule has 2 aromatic rings. The summed E-state index contributed by atoms with van der Waals surface area (Å²) in [6.07, 6.45) is 4.29. The Bertz CT molecular complexity index is 700. The van der Waals surface area contributed by atoms with Gasteiger partial charge in [-0.3, -0.25) is 14.6 Å². The number of amides is 1. The predicted octanol–water partition coefficient (Wildman–Crippen LogP) is 2.45. The summed E-state index contributed by atoms with van der Waals surface area (Å²) in [7, 11) is 0. The van der Waals surface area contributed by atoms with E-state index in [1.165, 1.54) is 0 Å². The summed E-state index contributed by atoms with van der Waals surface area (Å²) >= 11 is 0. The average Bonchev–Trinajstić information content (AvgIpc) is 3.28. The average molecular weight is 296 g/mol. The maximum atomic E-state index is 12.2. The normalized spacial score (nSPS) is 19.5. The maximum absolute atomic E-state index is 12.2. The molecule has 1 fully saturated rings. The summed E-state index contributed by atoms with van der Waals surface area (Å²) in [6, 6.07) is 10.8. The number of hydrogen-bond donors (Lipinski definition) is 2. The topological polar surface area (TPSA) is 79.3 Å². The van der Waals surface area contributed by atoms with E-state index in [4.69, 9.17) is 5.11 Å². The highest BCUT2D eigenvalue weighted by Crippen LogP contribution is 2.47. The van der Waals surface area contributed by atoms with Gasteiger partial charge in [0.2, 0.25) is 5.91 Å². The van der Waals surface area contributed by atoms with Crippen LogP contribution in [-0.2, 0) is 16.0 Å². The number of carbonyl (C=O) groups is 2. The first-order valence-electron chi connectivity index (χ1n) is 7.15. The third-order valence-electron chi connectivity index (χ3n) is 3.79. The van der Waals surface area contributed by atoms with Crippen molar-refractivity contribution in [3.63, 3.8) is 0 Å². The van der Waals surface area contributed by atoms with Crippen molar-refractivity contribution in [3.05, 3.63) is 59.9 Å². The summed E-state index contributed by atoms with van der Waals surface area (Å²) in [4.78, 5) is 27.0. The Morgan fingerprint density at radius 1 is 1.27 bits per heavy atom. The molecule has 0 bridgehead atoms. The molecule has 1 aliphatic carbocycles. The third kappa shape index (κ3) is 3.31. The Balaban J connectivity index is 1.62. The summed E-state index contributed by atoms with van der Waals surface area (Å²) in [5.41, 5.74) is 2.40. The number of aromatic nitrogens is 1. The molecule has 5 nitrogen and oxygen atoms in total. The number of carboxylic acids is 1. The molecule has 2 N–H and O–H groups in total. The Kier molecular flexibility index (Phi) is 3.87. The van der Waals surface area contributed by atoms with Crippen LogP contribution in [0.4, 0.5) is 5.69 Å². The van der Waals surface area contributed by atoms with E-state index in [9.17, 15) is 9.59 Å². The Hall–Kier alpha value is -2.69. The van der Waals surface area contributed by atoms with Crippen molar-refractivity contribution >= 4 is 17.6 Å². The van der Waals surface area contributed by atoms with Crippen LogP contribution in [-0.4, -0.2) is 22.0 Å². The highest BCUT2D eigenvalue weighted by atomic mass is 16.4. The molecule has 1 saturated carbocycles. The van der Waals surface area contributed by atoms with Gasteiger partial charge in [0, 0.05) is 24.0 Å². The first-order chi connectivity index (χ1) is 10.6. The standard InChI is InChI=1S/C17H16N2O3/c20-16(21)8-11-3-1-5-13(7-11)19-17(22)15-9-14(15)12-4-2-6-18-10-12/h1-7,10,14-15H,8-9H2,(H,19,22)(H,20,21)/t14-,15+/m1/s1. The lowest BCUT2D eigenvalue weighted by Gasteiger charge is -2.06. The Morgan fingerprint density at radius 3 is 2.86 bits per heavy atom. The van der Waals surface area contributed by atoms with Gasteiger partial charge >= 0.3 is 5.97 Å². The van der Waals surface area contributed by atoms with Gasteiger partial charge < -0.3 is 10.4 Å². The number of rotatable bonds is 5. The van der Waals surface area contributed by atoms with Crippen molar-refractivity contribution in [2.45, 2.75) is 18.8 Å². The monoisotopic (exact) mass is 296 g/mol. The van der Waals surface area contributed by atoms with Crippen LogP contribution in [0.25, 0.3) is 0 Å². The van der Waals surface area contributed by atoms with Crippen molar-refractivity contribution < 1.29 is 14.7 Å². The molecule has 1 aromatic carbocycles. The van der Waals surface area contributed by atoms with E-state index in [1.807, 2.05) is 12.1 Å². The molecule has 1 aliphatic rings. The van der Waals surface area contributed by atoms with Crippen LogP contribution < -0.4 is 5.32 Å². The van der Waals surface area contributed by atoms with Crippen LogP contribution in [0.3, 0.4) is 0 Å². The molecule has 0 radical (unpaired) electrons. The number of hydrogen-bond acceptors (Lipinski definition) is 3. The van der Waals surface area contributed by atoms with E-state index >= 15 is 0 Å². The molecule has 1 aromatic heterocycles. The van der Waals surface area contributed by atoms with Crippen LogP contribution in [0.1, 0.15) is 23.5 Å². The summed E-state index contributed by atoms with van der Waals surface area (Å²) < 4.78 is 0. The van der Waals surface area contributed by atoms with Crippen LogP contribution in [0.5, 0.6) is 0 Å². The first kappa shape index (κ1) is 14.3. The van der Waals surface area contributed by atoms with Gasteiger partial charge in [0.05, 0.1) is 6.42 Å². The fraction of sp³-hybridized carbons (Fsp3) is 0.235. The summed E-state index contributed by atoms with van der Waals surface area (Å²) in [6.45, 7) is 0. The van der Waals surface area contributed by atoms with Crippen LogP contribution in [0.15, 0.2) is 48.8 Å². The predicted molar refractivity (Wildman–Crippen MR) is 81.5 cm³/mol. The van der Waals surface area contributed by atoms with Crippen molar-refractivity contribution in [2.24, 2.45) is 5.92 Å². The molecule has 3 rings (SSSR count). The van der Waals surface area contributed by atoms with E-state index in [-0.39, 0.29) is 24.2 Å². The van der Waals surface area contributed by atoms with Crippen LogP contribution in [0, 0.1) is 5.92 Å². The zero-order valence-electron chi connectivity index (χ0n) is 11.9. The van der Waals surface area contributed by atoms with Gasteiger partial charge in [-0.05, 0) is 41.7 Å². The zero-order chi connectivity index (χ0) is 15.5. The number of anilines is 1. The molecule has 1 amide bonds. The first-order valence-corrected chi connectivity index (χ1v) is 7.15. The highest BCUT2D eigenvalue weighted by Gasteiger charge is 2.44. The maximum Gasteiger partial charge on any atom is 0.307 e. The minimum Gasteiger partial charge on any atom is -0.481 e. The minimum atomic E-state index is -0.887. The number of pyridine rings is 1. The van der Waals surface area contributed by atoms with Gasteiger partial charge in [-0.15, -0.1) is 0 Å². The molecule has 0 saturated heterocycles. The molecule has 0 spiro atoms. The smallest absolute Gasteiger partial charge is 0.307 e. The summed E-state index contributed by atoms with van der Waals surface area (Å²) in [5.74, 6) is -0.716. The SMILES string of the molecule is O=C(O)Cc1cccc(NC(=O)[C@H]2C[C@@H]2c2cccnc2)c1. The molecule has 5 heteroatoms. The molecular formula is C17H16N2O3. The molecule has 112 valence electrons. The second-order valence-electron chi connectivity index (χ2n) is 5.50. The van der Waals surface area contributed by atoms with E-state index < -0.39 is 5.97 Å². The van der Waals surface area contributed by atoms with Gasteiger partial charge in [0.15, 0.2) is 0 Å².